The van der Waals surface area contributed by atoms with Crippen LogP contribution in [0.3, 0.4) is 0 Å². The third-order valence-corrected chi connectivity index (χ3v) is 1.92. The summed E-state index contributed by atoms with van der Waals surface area (Å²) in [6.45, 7) is 0. The van der Waals surface area contributed by atoms with Crippen LogP contribution in [0.1, 0.15) is 0 Å². The fraction of sp³-hybridized carbons (Fsp3) is 0.333. The number of nitrogens with zero attached hydrogens (tertiary/aromatic N) is 1. The SMILES string of the molecule is C1=NCSS1.NC(N)=S. The molecule has 6 heteroatoms. The number of aliphatic imine (C=N–C) groups is 1. The molecule has 0 saturated carbocycles. The molecule has 0 aromatic heterocycles. The molecule has 0 amide bonds. The van der Waals surface area contributed by atoms with E-state index < -0.39 is 0 Å². The summed E-state index contributed by atoms with van der Waals surface area (Å²) in [7, 11) is 3.47. The molecule has 52 valence electrons. The molecular weight excluding hydrogens is 174 g/mol. The number of rotatable bonds is 0. The zero-order valence-corrected chi connectivity index (χ0v) is 7.06. The number of nitrogens with two attached hydrogens (primary N) is 2. The maximum atomic E-state index is 4.62. The van der Waals surface area contributed by atoms with Gasteiger partial charge in [0.2, 0.25) is 0 Å². The highest BCUT2D eigenvalue weighted by Gasteiger charge is 1.87. The Bertz CT molecular complexity index is 103. The Balaban J connectivity index is 0.000000148. The first-order valence-electron chi connectivity index (χ1n) is 2.05. The molecule has 1 rings (SSSR count). The van der Waals surface area contributed by atoms with Gasteiger partial charge in [0, 0.05) is 0 Å². The molecule has 0 aromatic carbocycles. The summed E-state index contributed by atoms with van der Waals surface area (Å²) in [6.07, 6.45) is 0. The monoisotopic (exact) mass is 181 g/mol. The van der Waals surface area contributed by atoms with Crippen molar-refractivity contribution in [1.82, 2.24) is 0 Å². The molecule has 0 saturated heterocycles. The van der Waals surface area contributed by atoms with Gasteiger partial charge in [0.25, 0.3) is 0 Å². The van der Waals surface area contributed by atoms with Gasteiger partial charge in [-0.1, -0.05) is 10.8 Å². The second-order valence-corrected chi connectivity index (χ2v) is 3.69. The van der Waals surface area contributed by atoms with Crippen molar-refractivity contribution in [2.75, 3.05) is 5.88 Å². The highest BCUT2D eigenvalue weighted by atomic mass is 33.1. The van der Waals surface area contributed by atoms with Crippen LogP contribution in [-0.2, 0) is 0 Å². The van der Waals surface area contributed by atoms with Gasteiger partial charge in [0.05, 0.1) is 11.4 Å². The van der Waals surface area contributed by atoms with Crippen molar-refractivity contribution in [3.8, 4) is 0 Å². The van der Waals surface area contributed by atoms with Gasteiger partial charge < -0.3 is 11.5 Å². The van der Waals surface area contributed by atoms with Crippen molar-refractivity contribution in [3.05, 3.63) is 0 Å². The van der Waals surface area contributed by atoms with Crippen LogP contribution in [0.25, 0.3) is 0 Å². The molecule has 0 aliphatic carbocycles. The molecule has 0 radical (unpaired) electrons. The van der Waals surface area contributed by atoms with E-state index in [-0.39, 0.29) is 5.11 Å². The molecule has 0 bridgehead atoms. The van der Waals surface area contributed by atoms with Crippen LogP contribution in [0.4, 0.5) is 0 Å². The molecule has 0 aromatic rings. The highest BCUT2D eigenvalue weighted by molar-refractivity contribution is 8.82. The maximum Gasteiger partial charge on any atom is 0.160 e. The van der Waals surface area contributed by atoms with Crippen LogP contribution >= 0.6 is 33.8 Å². The number of thiocarbonyl (C=S) groups is 1. The summed E-state index contributed by atoms with van der Waals surface area (Å²) in [5.41, 5.74) is 11.1. The standard InChI is InChI=1S/C2H3NS2.CH4N2S/c1-3-2-5-4-1;2-1(3)4/h1H,2H2;(H4,2,3,4). The van der Waals surface area contributed by atoms with E-state index in [2.05, 4.69) is 28.7 Å². The van der Waals surface area contributed by atoms with Crippen molar-refractivity contribution in [2.24, 2.45) is 16.5 Å². The Morgan fingerprint density at radius 1 is 1.67 bits per heavy atom. The lowest BCUT2D eigenvalue weighted by Crippen LogP contribution is -2.18. The Labute approximate surface area is 67.0 Å². The van der Waals surface area contributed by atoms with Gasteiger partial charge in [0.1, 0.15) is 0 Å². The second kappa shape index (κ2) is 6.18. The zero-order chi connectivity index (χ0) is 7.11. The Kier molecular flexibility index (Phi) is 6.23. The van der Waals surface area contributed by atoms with E-state index >= 15 is 0 Å². The molecule has 1 heterocycles. The largest absolute Gasteiger partial charge is 0.377 e. The summed E-state index contributed by atoms with van der Waals surface area (Å²) < 4.78 is 0. The molecular formula is C3H7N3S3. The first kappa shape index (κ1) is 9.06. The summed E-state index contributed by atoms with van der Waals surface area (Å²) >= 11 is 4.09. The van der Waals surface area contributed by atoms with Gasteiger partial charge in [-0.25, -0.2) is 0 Å². The second-order valence-electron chi connectivity index (χ2n) is 1.03. The fourth-order valence-corrected chi connectivity index (χ4v) is 1.37. The van der Waals surface area contributed by atoms with E-state index in [9.17, 15) is 0 Å². The Morgan fingerprint density at radius 3 is 2.33 bits per heavy atom. The van der Waals surface area contributed by atoms with Crippen molar-refractivity contribution in [1.29, 1.82) is 0 Å². The maximum absolute atomic E-state index is 4.62. The molecule has 9 heavy (non-hydrogen) atoms. The summed E-state index contributed by atoms with van der Waals surface area (Å²) in [6, 6.07) is 0. The molecule has 3 nitrogen and oxygen atoms in total. The molecule has 4 N–H and O–H groups in total. The average molecular weight is 181 g/mol. The third-order valence-electron chi connectivity index (χ3n) is 0.313. The Hall–Kier alpha value is 0.0600. The van der Waals surface area contributed by atoms with Crippen molar-refractivity contribution >= 4 is 44.5 Å². The van der Waals surface area contributed by atoms with Gasteiger partial charge >= 0.3 is 0 Å². The highest BCUT2D eigenvalue weighted by Crippen LogP contribution is 2.23. The van der Waals surface area contributed by atoms with Gasteiger partial charge in [-0.2, -0.15) is 0 Å². The lowest BCUT2D eigenvalue weighted by atomic mass is 11.3. The van der Waals surface area contributed by atoms with Crippen LogP contribution in [0.5, 0.6) is 0 Å². The predicted molar refractivity (Wildman–Crippen MR) is 49.5 cm³/mol. The van der Waals surface area contributed by atoms with Crippen LogP contribution < -0.4 is 11.5 Å². The van der Waals surface area contributed by atoms with E-state index in [0.29, 0.717) is 0 Å². The fourth-order valence-electron chi connectivity index (χ4n) is 0.152. The summed E-state index contributed by atoms with van der Waals surface area (Å²) in [5.74, 6) is 0.949. The lowest BCUT2D eigenvalue weighted by Gasteiger charge is -1.68. The van der Waals surface area contributed by atoms with Crippen LogP contribution in [0.15, 0.2) is 4.99 Å². The predicted octanol–water partition coefficient (Wildman–Crippen LogP) is 0.556. The van der Waals surface area contributed by atoms with Crippen molar-refractivity contribution in [2.45, 2.75) is 0 Å². The van der Waals surface area contributed by atoms with E-state index in [1.165, 1.54) is 0 Å². The molecule has 0 spiro atoms. The van der Waals surface area contributed by atoms with Crippen LogP contribution in [0.2, 0.25) is 0 Å². The first-order valence-corrected chi connectivity index (χ1v) is 4.84. The molecule has 0 atom stereocenters. The summed E-state index contributed by atoms with van der Waals surface area (Å²) in [5, 5.41) is 0.000000000000000222. The van der Waals surface area contributed by atoms with Gasteiger partial charge in [-0.05, 0) is 23.0 Å². The van der Waals surface area contributed by atoms with E-state index in [1.807, 2.05) is 5.55 Å². The summed E-state index contributed by atoms with van der Waals surface area (Å²) in [4.78, 5) is 3.88. The van der Waals surface area contributed by atoms with Gasteiger partial charge in [0.15, 0.2) is 5.11 Å². The normalized spacial score (nSPS) is 14.2. The number of hydrogen-bond donors (Lipinski definition) is 2. The van der Waals surface area contributed by atoms with E-state index in [4.69, 9.17) is 0 Å². The molecule has 1 aliphatic heterocycles. The smallest absolute Gasteiger partial charge is 0.160 e. The van der Waals surface area contributed by atoms with Crippen molar-refractivity contribution < 1.29 is 0 Å². The Morgan fingerprint density at radius 2 is 2.22 bits per heavy atom. The first-order chi connectivity index (χ1) is 4.23. The minimum atomic E-state index is 0.000000000000000222. The molecule has 0 unspecified atom stereocenters. The van der Waals surface area contributed by atoms with E-state index in [1.54, 1.807) is 21.6 Å². The van der Waals surface area contributed by atoms with Crippen molar-refractivity contribution in [3.63, 3.8) is 0 Å². The molecule has 1 aliphatic rings. The minimum absolute atomic E-state index is 0.000000000000000222. The number of hydrogen-bond acceptors (Lipinski definition) is 4. The van der Waals surface area contributed by atoms with Crippen LogP contribution in [0, 0.1) is 0 Å². The lowest BCUT2D eigenvalue weighted by molar-refractivity contribution is 1.43. The molecule has 0 fully saturated rings. The van der Waals surface area contributed by atoms with Crippen LogP contribution in [-0.4, -0.2) is 16.5 Å². The topological polar surface area (TPSA) is 64.4 Å². The third kappa shape index (κ3) is 11.6. The van der Waals surface area contributed by atoms with Gasteiger partial charge in [-0.15, -0.1) is 0 Å². The average Bonchev–Trinajstić information content (AvgIpc) is 2.11. The quantitative estimate of drug-likeness (QED) is 0.422. The zero-order valence-electron chi connectivity index (χ0n) is 4.61. The minimum Gasteiger partial charge on any atom is -0.377 e. The van der Waals surface area contributed by atoms with E-state index in [0.717, 1.165) is 5.88 Å². The van der Waals surface area contributed by atoms with Gasteiger partial charge in [-0.3, -0.25) is 4.99 Å².